The second-order valence-corrected chi connectivity index (χ2v) is 6.85. The summed E-state index contributed by atoms with van der Waals surface area (Å²) in [4.78, 5) is 15.0. The number of hydrogen-bond acceptors (Lipinski definition) is 3. The first-order valence-corrected chi connectivity index (χ1v) is 7.25. The van der Waals surface area contributed by atoms with Crippen LogP contribution in [0, 0.1) is 0 Å². The van der Waals surface area contributed by atoms with Gasteiger partial charge in [0.15, 0.2) is 11.8 Å². The Bertz CT molecular complexity index is 511. The molecule has 11 heteroatoms. The second-order valence-electron chi connectivity index (χ2n) is 3.64. The van der Waals surface area contributed by atoms with Crippen LogP contribution in [0.25, 0.3) is 0 Å². The van der Waals surface area contributed by atoms with Crippen molar-refractivity contribution in [3.63, 3.8) is 0 Å². The van der Waals surface area contributed by atoms with Gasteiger partial charge in [-0.05, 0) is 24.4 Å². The van der Waals surface area contributed by atoms with Crippen LogP contribution in [0.5, 0.6) is 0 Å². The summed E-state index contributed by atoms with van der Waals surface area (Å²) in [7, 11) is 0. The minimum Gasteiger partial charge on any atom is -0.339 e. The van der Waals surface area contributed by atoms with Crippen molar-refractivity contribution in [3.8, 4) is 0 Å². The molecular weight excluding hydrogens is 385 g/mol. The maximum absolute atomic E-state index is 12.2. The number of halogens is 5. The molecule has 0 bridgehead atoms. The molecule has 1 heterocycles. The van der Waals surface area contributed by atoms with Crippen LogP contribution < -0.4 is 16.0 Å². The predicted octanol–water partition coefficient (Wildman–Crippen LogP) is 2.80. The molecule has 21 heavy (non-hydrogen) atoms. The molecule has 1 aromatic rings. The smallest absolute Gasteiger partial charge is 0.253 e. The maximum atomic E-state index is 12.2. The third-order valence-electron chi connectivity index (χ3n) is 2.00. The van der Waals surface area contributed by atoms with Crippen LogP contribution in [0.15, 0.2) is 18.3 Å². The molecule has 0 unspecified atom stereocenters. The normalized spacial score (nSPS) is 12.4. The summed E-state index contributed by atoms with van der Waals surface area (Å²) >= 11 is 27.7. The van der Waals surface area contributed by atoms with E-state index >= 15 is 0 Å². The quantitative estimate of drug-likeness (QED) is 0.417. The van der Waals surface area contributed by atoms with Gasteiger partial charge >= 0.3 is 0 Å². The highest BCUT2D eigenvalue weighted by atomic mass is 35.6. The number of hydrogen-bond donors (Lipinski definition) is 3. The largest absolute Gasteiger partial charge is 0.339 e. The molecule has 5 nitrogen and oxygen atoms in total. The number of nitrogens with zero attached hydrogens (tertiary/aromatic N) is 1. The second kappa shape index (κ2) is 8.14. The van der Waals surface area contributed by atoms with E-state index < -0.39 is 22.5 Å². The van der Waals surface area contributed by atoms with E-state index in [1.54, 1.807) is 12.1 Å². The van der Waals surface area contributed by atoms with Crippen LogP contribution >= 0.6 is 58.6 Å². The van der Waals surface area contributed by atoms with Crippen molar-refractivity contribution >= 4 is 75.5 Å². The van der Waals surface area contributed by atoms with E-state index in [-0.39, 0.29) is 5.11 Å². The first kappa shape index (κ1) is 18.4. The molecule has 0 aliphatic carbocycles. The molecule has 0 aliphatic heterocycles. The van der Waals surface area contributed by atoms with E-state index in [2.05, 4.69) is 20.9 Å². The molecule has 3 N–H and O–H groups in total. The van der Waals surface area contributed by atoms with Gasteiger partial charge < -0.3 is 16.0 Å². The molecule has 1 amide bonds. The average molecular weight is 394 g/mol. The summed E-state index contributed by atoms with van der Waals surface area (Å²) in [5.41, 5.74) is 0. The number of carbonyl (C=O) groups is 1. The molecule has 0 aliphatic rings. The maximum Gasteiger partial charge on any atom is 0.253 e. The molecule has 1 rings (SSSR count). The van der Waals surface area contributed by atoms with Gasteiger partial charge in [-0.1, -0.05) is 46.4 Å². The van der Waals surface area contributed by atoms with Crippen molar-refractivity contribution in [3.05, 3.63) is 23.4 Å². The first-order chi connectivity index (χ1) is 9.72. The Kier molecular flexibility index (Phi) is 7.15. The van der Waals surface area contributed by atoms with E-state index in [1.807, 2.05) is 0 Å². The minimum absolute atomic E-state index is 0.0142. The van der Waals surface area contributed by atoms with Crippen LogP contribution in [0.2, 0.25) is 5.02 Å². The summed E-state index contributed by atoms with van der Waals surface area (Å²) in [6, 6.07) is 3.16. The van der Waals surface area contributed by atoms with Gasteiger partial charge in [-0.3, -0.25) is 4.79 Å². The number of rotatable bonds is 4. The highest BCUT2D eigenvalue weighted by Gasteiger charge is 2.34. The zero-order valence-electron chi connectivity index (χ0n) is 10.2. The van der Waals surface area contributed by atoms with Gasteiger partial charge in [0.25, 0.3) is 5.91 Å². The van der Waals surface area contributed by atoms with Crippen LogP contribution in [-0.2, 0) is 4.79 Å². The number of nitrogens with one attached hydrogen (secondary N) is 3. The van der Waals surface area contributed by atoms with Crippen molar-refractivity contribution in [2.45, 2.75) is 9.96 Å². The van der Waals surface area contributed by atoms with E-state index in [9.17, 15) is 9.18 Å². The Hall–Kier alpha value is -0.600. The molecule has 0 radical (unpaired) electrons. The highest BCUT2D eigenvalue weighted by molar-refractivity contribution is 7.80. The van der Waals surface area contributed by atoms with Gasteiger partial charge in [0, 0.05) is 6.20 Å². The molecule has 0 aromatic carbocycles. The lowest BCUT2D eigenvalue weighted by Gasteiger charge is -2.27. The van der Waals surface area contributed by atoms with Gasteiger partial charge in [-0.15, -0.1) is 0 Å². The summed E-state index contributed by atoms with van der Waals surface area (Å²) in [5, 5.41) is 7.84. The molecule has 0 saturated heterocycles. The zero-order chi connectivity index (χ0) is 16.0. The number of amides is 1. The Morgan fingerprint density at radius 1 is 1.38 bits per heavy atom. The van der Waals surface area contributed by atoms with Gasteiger partial charge in [0.2, 0.25) is 3.79 Å². The first-order valence-electron chi connectivity index (χ1n) is 5.33. The van der Waals surface area contributed by atoms with Crippen LogP contribution in [0.4, 0.5) is 10.2 Å². The molecule has 0 spiro atoms. The Balaban J connectivity index is 2.67. The van der Waals surface area contributed by atoms with Gasteiger partial charge in [0.1, 0.15) is 12.0 Å². The van der Waals surface area contributed by atoms with Crippen LogP contribution in [-0.4, -0.2) is 32.6 Å². The van der Waals surface area contributed by atoms with Crippen LogP contribution in [0.3, 0.4) is 0 Å². The van der Waals surface area contributed by atoms with E-state index in [0.29, 0.717) is 10.8 Å². The number of alkyl halides is 4. The SMILES string of the molecule is O=C(CF)N[C@H](NC(=S)Nc1ccc(Cl)cn1)C(Cl)(Cl)Cl. The van der Waals surface area contributed by atoms with Crippen LogP contribution in [0.1, 0.15) is 0 Å². The Labute approximate surface area is 145 Å². The molecule has 1 atom stereocenters. The number of aromatic nitrogens is 1. The Morgan fingerprint density at radius 3 is 2.52 bits per heavy atom. The molecule has 116 valence electrons. The fourth-order valence-electron chi connectivity index (χ4n) is 1.13. The molecule has 1 aromatic heterocycles. The summed E-state index contributed by atoms with van der Waals surface area (Å²) in [5.74, 6) is -0.567. The lowest BCUT2D eigenvalue weighted by Crippen LogP contribution is -2.56. The fourth-order valence-corrected chi connectivity index (χ4v) is 1.79. The van der Waals surface area contributed by atoms with E-state index in [4.69, 9.17) is 58.6 Å². The van der Waals surface area contributed by atoms with Crippen molar-refractivity contribution < 1.29 is 9.18 Å². The van der Waals surface area contributed by atoms with Crippen molar-refractivity contribution in [2.24, 2.45) is 0 Å². The number of carbonyl (C=O) groups excluding carboxylic acids is 1. The number of anilines is 1. The lowest BCUT2D eigenvalue weighted by atomic mass is 10.4. The molecular formula is C10H9Cl4FN4OS. The predicted molar refractivity (Wildman–Crippen MR) is 86.8 cm³/mol. The average Bonchev–Trinajstić information content (AvgIpc) is 2.39. The Morgan fingerprint density at radius 2 is 2.05 bits per heavy atom. The summed E-state index contributed by atoms with van der Waals surface area (Å²) in [6.07, 6.45) is 0.183. The minimum atomic E-state index is -1.94. The fraction of sp³-hybridized carbons (Fsp3) is 0.300. The lowest BCUT2D eigenvalue weighted by molar-refractivity contribution is -0.122. The topological polar surface area (TPSA) is 66.1 Å². The van der Waals surface area contributed by atoms with Crippen molar-refractivity contribution in [1.29, 1.82) is 0 Å². The van der Waals surface area contributed by atoms with Gasteiger partial charge in [-0.25, -0.2) is 9.37 Å². The highest BCUT2D eigenvalue weighted by Crippen LogP contribution is 2.29. The zero-order valence-corrected chi connectivity index (χ0v) is 14.0. The monoisotopic (exact) mass is 392 g/mol. The standard InChI is InChI=1S/C10H9Cl4FN4OS/c11-5-1-2-6(16-4-5)17-9(21)19-8(10(12,13)14)18-7(20)3-15/h1-2,4,8H,3H2,(H,18,20)(H2,16,17,19,21)/t8-/m1/s1. The summed E-state index contributed by atoms with van der Waals surface area (Å²) < 4.78 is 10.3. The van der Waals surface area contributed by atoms with Crippen molar-refractivity contribution in [1.82, 2.24) is 15.6 Å². The van der Waals surface area contributed by atoms with Gasteiger partial charge in [-0.2, -0.15) is 0 Å². The van der Waals surface area contributed by atoms with E-state index in [1.165, 1.54) is 6.20 Å². The number of pyridine rings is 1. The molecule has 0 saturated carbocycles. The third-order valence-corrected chi connectivity index (χ3v) is 3.10. The van der Waals surface area contributed by atoms with Gasteiger partial charge in [0.05, 0.1) is 5.02 Å². The van der Waals surface area contributed by atoms with Crippen molar-refractivity contribution in [2.75, 3.05) is 12.0 Å². The van der Waals surface area contributed by atoms with E-state index in [0.717, 1.165) is 0 Å². The number of thiocarbonyl (C=S) groups is 1. The third kappa shape index (κ3) is 6.80. The molecule has 0 fully saturated rings. The summed E-state index contributed by atoms with van der Waals surface area (Å²) in [6.45, 7) is -1.25.